The predicted molar refractivity (Wildman–Crippen MR) is 73.6 cm³/mol. The van der Waals surface area contributed by atoms with E-state index in [0.29, 0.717) is 11.6 Å². The van der Waals surface area contributed by atoms with Crippen molar-refractivity contribution in [2.24, 2.45) is 7.05 Å². The predicted octanol–water partition coefficient (Wildman–Crippen LogP) is 1.16. The molecule has 0 aromatic carbocycles. The zero-order chi connectivity index (χ0) is 13.9. The Morgan fingerprint density at radius 3 is 2.56 bits per heavy atom. The number of nitrogens with one attached hydrogen (secondary N) is 1. The van der Waals surface area contributed by atoms with E-state index in [-0.39, 0.29) is 11.8 Å². The van der Waals surface area contributed by atoms with Gasteiger partial charge < -0.3 is 5.32 Å². The second-order valence-electron chi connectivity index (χ2n) is 4.56. The fourth-order valence-corrected chi connectivity index (χ4v) is 3.18. The number of aromatic nitrogens is 2. The highest BCUT2D eigenvalue weighted by molar-refractivity contribution is 7.90. The fourth-order valence-electron chi connectivity index (χ4n) is 1.80. The molecule has 0 saturated carbocycles. The van der Waals surface area contributed by atoms with Gasteiger partial charge in [0.25, 0.3) is 0 Å². The SMILES string of the molecule is CCc1nn(C)c(CNC(C)CS(C)(=O)=O)c1Cl. The summed E-state index contributed by atoms with van der Waals surface area (Å²) in [6.45, 7) is 4.35. The van der Waals surface area contributed by atoms with Crippen LogP contribution in [0.3, 0.4) is 0 Å². The molecule has 0 radical (unpaired) electrons. The van der Waals surface area contributed by atoms with Crippen LogP contribution in [0.15, 0.2) is 0 Å². The van der Waals surface area contributed by atoms with Crippen molar-refractivity contribution in [1.82, 2.24) is 15.1 Å². The molecule has 0 aliphatic rings. The second-order valence-corrected chi connectivity index (χ2v) is 7.12. The topological polar surface area (TPSA) is 64.0 Å². The van der Waals surface area contributed by atoms with Gasteiger partial charge in [0.05, 0.1) is 22.2 Å². The molecule has 0 bridgehead atoms. The standard InChI is InChI=1S/C11H20ClN3O2S/c1-5-9-11(12)10(15(3)14-9)6-13-8(2)7-18(4,16)17/h8,13H,5-7H2,1-4H3. The van der Waals surface area contributed by atoms with Crippen LogP contribution in [0, 0.1) is 0 Å². The molecule has 1 atom stereocenters. The second kappa shape index (κ2) is 6.04. The molecule has 104 valence electrons. The third kappa shape index (κ3) is 4.26. The molecule has 1 heterocycles. The Kier molecular flexibility index (Phi) is 5.19. The maximum Gasteiger partial charge on any atom is 0.148 e. The van der Waals surface area contributed by atoms with Crippen LogP contribution in [0.5, 0.6) is 0 Å². The largest absolute Gasteiger partial charge is 0.308 e. The highest BCUT2D eigenvalue weighted by Gasteiger charge is 2.15. The van der Waals surface area contributed by atoms with Crippen molar-refractivity contribution in [2.75, 3.05) is 12.0 Å². The van der Waals surface area contributed by atoms with E-state index in [0.717, 1.165) is 17.8 Å². The van der Waals surface area contributed by atoms with Gasteiger partial charge in [-0.25, -0.2) is 8.42 Å². The molecule has 18 heavy (non-hydrogen) atoms. The maximum absolute atomic E-state index is 11.2. The van der Waals surface area contributed by atoms with Crippen LogP contribution in [-0.4, -0.2) is 36.2 Å². The summed E-state index contributed by atoms with van der Waals surface area (Å²) in [6, 6.07) is -0.115. The average Bonchev–Trinajstić information content (AvgIpc) is 2.49. The molecule has 7 heteroatoms. The summed E-state index contributed by atoms with van der Waals surface area (Å²) in [6.07, 6.45) is 2.02. The van der Waals surface area contributed by atoms with Crippen molar-refractivity contribution in [2.45, 2.75) is 32.9 Å². The number of hydrogen-bond acceptors (Lipinski definition) is 4. The van der Waals surface area contributed by atoms with Crippen LogP contribution < -0.4 is 5.32 Å². The summed E-state index contributed by atoms with van der Waals surface area (Å²) in [5.41, 5.74) is 1.75. The molecule has 0 aliphatic heterocycles. The van der Waals surface area contributed by atoms with Gasteiger partial charge in [-0.3, -0.25) is 4.68 Å². The summed E-state index contributed by atoms with van der Waals surface area (Å²) < 4.78 is 24.0. The first-order chi connectivity index (χ1) is 8.24. The molecule has 5 nitrogen and oxygen atoms in total. The zero-order valence-corrected chi connectivity index (χ0v) is 12.8. The number of hydrogen-bond donors (Lipinski definition) is 1. The van der Waals surface area contributed by atoms with E-state index in [9.17, 15) is 8.42 Å². The highest BCUT2D eigenvalue weighted by Crippen LogP contribution is 2.20. The zero-order valence-electron chi connectivity index (χ0n) is 11.2. The van der Waals surface area contributed by atoms with Gasteiger partial charge in [0.2, 0.25) is 0 Å². The Hall–Kier alpha value is -0.590. The quantitative estimate of drug-likeness (QED) is 0.855. The Morgan fingerprint density at radius 2 is 2.11 bits per heavy atom. The van der Waals surface area contributed by atoms with E-state index in [1.165, 1.54) is 6.26 Å². The summed E-state index contributed by atoms with van der Waals surface area (Å²) in [4.78, 5) is 0. The van der Waals surface area contributed by atoms with Gasteiger partial charge in [0, 0.05) is 25.9 Å². The van der Waals surface area contributed by atoms with Crippen LogP contribution in [0.4, 0.5) is 0 Å². The minimum Gasteiger partial charge on any atom is -0.308 e. The molecule has 1 rings (SSSR count). The first-order valence-electron chi connectivity index (χ1n) is 5.86. The van der Waals surface area contributed by atoms with Gasteiger partial charge >= 0.3 is 0 Å². The molecule has 0 amide bonds. The molecular formula is C11H20ClN3O2S. The first-order valence-corrected chi connectivity index (χ1v) is 8.29. The molecule has 0 saturated heterocycles. The Morgan fingerprint density at radius 1 is 1.50 bits per heavy atom. The van der Waals surface area contributed by atoms with Crippen LogP contribution in [0.1, 0.15) is 25.2 Å². The van der Waals surface area contributed by atoms with Crippen molar-refractivity contribution in [3.05, 3.63) is 16.4 Å². The Bertz CT molecular complexity index is 511. The smallest absolute Gasteiger partial charge is 0.148 e. The van der Waals surface area contributed by atoms with Crippen molar-refractivity contribution in [3.63, 3.8) is 0 Å². The third-order valence-corrected chi connectivity index (χ3v) is 4.22. The average molecular weight is 294 g/mol. The summed E-state index contributed by atoms with van der Waals surface area (Å²) in [5.74, 6) is 0.114. The van der Waals surface area contributed by atoms with E-state index < -0.39 is 9.84 Å². The lowest BCUT2D eigenvalue weighted by Crippen LogP contribution is -2.32. The van der Waals surface area contributed by atoms with Crippen molar-refractivity contribution >= 4 is 21.4 Å². The molecular weight excluding hydrogens is 274 g/mol. The van der Waals surface area contributed by atoms with Crippen molar-refractivity contribution < 1.29 is 8.42 Å². The molecule has 1 aromatic rings. The normalized spacial score (nSPS) is 13.8. The molecule has 0 aliphatic carbocycles. The van der Waals surface area contributed by atoms with Gasteiger partial charge in [-0.2, -0.15) is 5.10 Å². The van der Waals surface area contributed by atoms with E-state index in [1.807, 2.05) is 20.9 Å². The lowest BCUT2D eigenvalue weighted by atomic mass is 10.3. The Labute approximate surface area is 113 Å². The van der Waals surface area contributed by atoms with Gasteiger partial charge in [-0.1, -0.05) is 18.5 Å². The van der Waals surface area contributed by atoms with Gasteiger partial charge in [0.1, 0.15) is 9.84 Å². The van der Waals surface area contributed by atoms with Gasteiger partial charge in [-0.15, -0.1) is 0 Å². The number of halogens is 1. The van der Waals surface area contributed by atoms with Crippen molar-refractivity contribution in [1.29, 1.82) is 0 Å². The fraction of sp³-hybridized carbons (Fsp3) is 0.727. The molecule has 1 aromatic heterocycles. The van der Waals surface area contributed by atoms with Crippen LogP contribution in [-0.2, 0) is 29.9 Å². The van der Waals surface area contributed by atoms with E-state index in [1.54, 1.807) is 4.68 Å². The van der Waals surface area contributed by atoms with Crippen LogP contribution in [0.25, 0.3) is 0 Å². The molecule has 0 spiro atoms. The lowest BCUT2D eigenvalue weighted by molar-refractivity contribution is 0.544. The highest BCUT2D eigenvalue weighted by atomic mass is 35.5. The van der Waals surface area contributed by atoms with Crippen molar-refractivity contribution in [3.8, 4) is 0 Å². The minimum absolute atomic E-state index is 0.114. The summed E-state index contributed by atoms with van der Waals surface area (Å²) in [7, 11) is -1.13. The van der Waals surface area contributed by atoms with E-state index >= 15 is 0 Å². The lowest BCUT2D eigenvalue weighted by Gasteiger charge is -2.12. The monoisotopic (exact) mass is 293 g/mol. The third-order valence-electron chi connectivity index (χ3n) is 2.67. The number of rotatable bonds is 6. The first kappa shape index (κ1) is 15.5. The summed E-state index contributed by atoms with van der Waals surface area (Å²) in [5, 5.41) is 8.12. The van der Waals surface area contributed by atoms with Gasteiger partial charge in [0.15, 0.2) is 0 Å². The number of sulfone groups is 1. The summed E-state index contributed by atoms with van der Waals surface area (Å²) >= 11 is 6.20. The molecule has 0 fully saturated rings. The number of nitrogens with zero attached hydrogens (tertiary/aromatic N) is 2. The van der Waals surface area contributed by atoms with Crippen LogP contribution in [0.2, 0.25) is 5.02 Å². The minimum atomic E-state index is -2.97. The van der Waals surface area contributed by atoms with E-state index in [2.05, 4.69) is 10.4 Å². The van der Waals surface area contributed by atoms with Crippen LogP contribution >= 0.6 is 11.6 Å². The number of aryl methyl sites for hydroxylation is 2. The molecule has 1 N–H and O–H groups in total. The molecule has 1 unspecified atom stereocenters. The van der Waals surface area contributed by atoms with Gasteiger partial charge in [-0.05, 0) is 13.3 Å². The maximum atomic E-state index is 11.2. The Balaban J connectivity index is 2.66. The van der Waals surface area contributed by atoms with E-state index in [4.69, 9.17) is 11.6 Å².